The molecule has 0 spiro atoms. The molecule has 17 heavy (non-hydrogen) atoms. The molecule has 5 heteroatoms. The van der Waals surface area contributed by atoms with E-state index in [4.69, 9.17) is 5.11 Å². The highest BCUT2D eigenvalue weighted by atomic mass is 16.4. The fourth-order valence-electron chi connectivity index (χ4n) is 1.80. The largest absolute Gasteiger partial charge is 0.477 e. The maximum atomic E-state index is 11.0. The van der Waals surface area contributed by atoms with Gasteiger partial charge in [0.25, 0.3) is 0 Å². The summed E-state index contributed by atoms with van der Waals surface area (Å²) in [5, 5.41) is 9.05. The van der Waals surface area contributed by atoms with E-state index in [0.29, 0.717) is 11.7 Å². The maximum absolute atomic E-state index is 11.0. The second-order valence-electron chi connectivity index (χ2n) is 4.22. The summed E-state index contributed by atoms with van der Waals surface area (Å²) < 4.78 is 0. The topological polar surface area (TPSA) is 66.3 Å². The molecule has 1 aromatic heterocycles. The second kappa shape index (κ2) is 4.69. The van der Waals surface area contributed by atoms with Crippen molar-refractivity contribution in [3.63, 3.8) is 0 Å². The predicted molar refractivity (Wildman–Crippen MR) is 64.5 cm³/mol. The Labute approximate surface area is 100 Å². The maximum Gasteiger partial charge on any atom is 0.354 e. The van der Waals surface area contributed by atoms with Gasteiger partial charge in [-0.25, -0.2) is 14.8 Å². The van der Waals surface area contributed by atoms with E-state index >= 15 is 0 Å². The van der Waals surface area contributed by atoms with E-state index in [1.54, 1.807) is 6.07 Å². The standard InChI is InChI=1S/C12H17N3O2/c1-3-15(4-2)10-7-9(12(16)17)13-11(14-10)8-5-6-8/h7-8H,3-6H2,1-2H3,(H,16,17). The first kappa shape index (κ1) is 11.8. The zero-order valence-electron chi connectivity index (χ0n) is 10.2. The smallest absolute Gasteiger partial charge is 0.354 e. The summed E-state index contributed by atoms with van der Waals surface area (Å²) in [6.45, 7) is 5.69. The van der Waals surface area contributed by atoms with E-state index in [1.165, 1.54) is 0 Å². The summed E-state index contributed by atoms with van der Waals surface area (Å²) in [5.41, 5.74) is 0.101. The van der Waals surface area contributed by atoms with Crippen molar-refractivity contribution in [2.24, 2.45) is 0 Å². The SMILES string of the molecule is CCN(CC)c1cc(C(=O)O)nc(C2CC2)n1. The van der Waals surface area contributed by atoms with Crippen molar-refractivity contribution in [3.05, 3.63) is 17.6 Å². The van der Waals surface area contributed by atoms with E-state index < -0.39 is 5.97 Å². The first-order chi connectivity index (χ1) is 8.15. The van der Waals surface area contributed by atoms with Crippen LogP contribution in [-0.2, 0) is 0 Å². The number of hydrogen-bond donors (Lipinski definition) is 1. The summed E-state index contributed by atoms with van der Waals surface area (Å²) in [6, 6.07) is 1.56. The van der Waals surface area contributed by atoms with Crippen LogP contribution in [0.25, 0.3) is 0 Å². The van der Waals surface area contributed by atoms with Crippen molar-refractivity contribution in [3.8, 4) is 0 Å². The molecule has 1 aliphatic carbocycles. The Balaban J connectivity index is 2.39. The highest BCUT2D eigenvalue weighted by molar-refractivity contribution is 5.86. The number of aromatic nitrogens is 2. The van der Waals surface area contributed by atoms with Crippen LogP contribution in [0.4, 0.5) is 5.82 Å². The molecule has 2 rings (SSSR count). The number of carbonyl (C=O) groups is 1. The summed E-state index contributed by atoms with van der Waals surface area (Å²) in [7, 11) is 0. The van der Waals surface area contributed by atoms with E-state index in [9.17, 15) is 4.79 Å². The fraction of sp³-hybridized carbons (Fsp3) is 0.583. The lowest BCUT2D eigenvalue weighted by Gasteiger charge is -2.20. The number of nitrogens with zero attached hydrogens (tertiary/aromatic N) is 3. The molecule has 1 saturated carbocycles. The molecule has 5 nitrogen and oxygen atoms in total. The molecule has 0 aliphatic heterocycles. The van der Waals surface area contributed by atoms with E-state index in [1.807, 2.05) is 18.7 Å². The molecule has 1 aliphatic rings. The second-order valence-corrected chi connectivity index (χ2v) is 4.22. The first-order valence-corrected chi connectivity index (χ1v) is 6.02. The predicted octanol–water partition coefficient (Wildman–Crippen LogP) is 1.90. The van der Waals surface area contributed by atoms with E-state index in [2.05, 4.69) is 9.97 Å². The van der Waals surface area contributed by atoms with Crippen LogP contribution in [0.3, 0.4) is 0 Å². The van der Waals surface area contributed by atoms with Crippen LogP contribution >= 0.6 is 0 Å². The van der Waals surface area contributed by atoms with Gasteiger partial charge in [0, 0.05) is 25.1 Å². The molecule has 92 valence electrons. The minimum Gasteiger partial charge on any atom is -0.477 e. The average Bonchev–Trinajstić information content (AvgIpc) is 3.14. The zero-order valence-corrected chi connectivity index (χ0v) is 10.2. The normalized spacial score (nSPS) is 14.7. The Morgan fingerprint density at radius 3 is 2.53 bits per heavy atom. The van der Waals surface area contributed by atoms with Crippen molar-refractivity contribution in [2.75, 3.05) is 18.0 Å². The lowest BCUT2D eigenvalue weighted by Crippen LogP contribution is -2.24. The lowest BCUT2D eigenvalue weighted by molar-refractivity contribution is 0.0690. The molecule has 0 radical (unpaired) electrons. The molecular formula is C12H17N3O2. The van der Waals surface area contributed by atoms with Crippen LogP contribution in [0.15, 0.2) is 6.07 Å². The summed E-state index contributed by atoms with van der Waals surface area (Å²) in [4.78, 5) is 21.7. The van der Waals surface area contributed by atoms with Gasteiger partial charge < -0.3 is 10.0 Å². The Kier molecular flexibility index (Phi) is 3.26. The van der Waals surface area contributed by atoms with E-state index in [-0.39, 0.29) is 5.69 Å². The third kappa shape index (κ3) is 2.54. The third-order valence-electron chi connectivity index (χ3n) is 2.98. The Hall–Kier alpha value is -1.65. The van der Waals surface area contributed by atoms with Crippen molar-refractivity contribution in [1.29, 1.82) is 0 Å². The Morgan fingerprint density at radius 1 is 1.41 bits per heavy atom. The molecule has 0 bridgehead atoms. The van der Waals surface area contributed by atoms with Gasteiger partial charge in [-0.2, -0.15) is 0 Å². The van der Waals surface area contributed by atoms with Gasteiger partial charge >= 0.3 is 5.97 Å². The number of hydrogen-bond acceptors (Lipinski definition) is 4. The van der Waals surface area contributed by atoms with Crippen LogP contribution in [-0.4, -0.2) is 34.1 Å². The highest BCUT2D eigenvalue weighted by Crippen LogP contribution is 2.38. The van der Waals surface area contributed by atoms with Gasteiger partial charge in [-0.05, 0) is 26.7 Å². The number of carboxylic acid groups (broad SMARTS) is 1. The number of carboxylic acids is 1. The Bertz CT molecular complexity index is 426. The fourth-order valence-corrected chi connectivity index (χ4v) is 1.80. The van der Waals surface area contributed by atoms with Gasteiger partial charge in [-0.1, -0.05) is 0 Å². The van der Waals surface area contributed by atoms with E-state index in [0.717, 1.165) is 31.7 Å². The third-order valence-corrected chi connectivity index (χ3v) is 2.98. The van der Waals surface area contributed by atoms with Gasteiger partial charge in [0.15, 0.2) is 5.69 Å². The number of aromatic carboxylic acids is 1. The van der Waals surface area contributed by atoms with Gasteiger partial charge in [0.05, 0.1) is 0 Å². The van der Waals surface area contributed by atoms with Crippen molar-refractivity contribution in [1.82, 2.24) is 9.97 Å². The molecule has 1 fully saturated rings. The van der Waals surface area contributed by atoms with Gasteiger partial charge in [-0.15, -0.1) is 0 Å². The molecule has 1 aromatic rings. The highest BCUT2D eigenvalue weighted by Gasteiger charge is 2.28. The van der Waals surface area contributed by atoms with Crippen LogP contribution in [0, 0.1) is 0 Å². The van der Waals surface area contributed by atoms with Crippen molar-refractivity contribution >= 4 is 11.8 Å². The van der Waals surface area contributed by atoms with Crippen LogP contribution in [0.5, 0.6) is 0 Å². The van der Waals surface area contributed by atoms with Crippen LogP contribution < -0.4 is 4.90 Å². The quantitative estimate of drug-likeness (QED) is 0.844. The van der Waals surface area contributed by atoms with Crippen molar-refractivity contribution in [2.45, 2.75) is 32.6 Å². The first-order valence-electron chi connectivity index (χ1n) is 6.02. The minimum absolute atomic E-state index is 0.101. The minimum atomic E-state index is -0.984. The molecule has 0 amide bonds. The van der Waals surface area contributed by atoms with Gasteiger partial charge in [0.2, 0.25) is 0 Å². The molecule has 0 atom stereocenters. The summed E-state index contributed by atoms with van der Waals surface area (Å²) >= 11 is 0. The summed E-state index contributed by atoms with van der Waals surface area (Å²) in [6.07, 6.45) is 2.14. The lowest BCUT2D eigenvalue weighted by atomic mass is 10.3. The molecular weight excluding hydrogens is 218 g/mol. The molecule has 0 saturated heterocycles. The van der Waals surface area contributed by atoms with Gasteiger partial charge in [-0.3, -0.25) is 0 Å². The number of anilines is 1. The zero-order chi connectivity index (χ0) is 12.4. The van der Waals surface area contributed by atoms with Crippen LogP contribution in [0.2, 0.25) is 0 Å². The molecule has 1 heterocycles. The molecule has 1 N–H and O–H groups in total. The van der Waals surface area contributed by atoms with Crippen molar-refractivity contribution < 1.29 is 9.90 Å². The molecule has 0 unspecified atom stereocenters. The van der Waals surface area contributed by atoms with Crippen LogP contribution in [0.1, 0.15) is 48.9 Å². The summed E-state index contributed by atoms with van der Waals surface area (Å²) in [5.74, 6) is 0.794. The number of rotatable bonds is 5. The van der Waals surface area contributed by atoms with Gasteiger partial charge in [0.1, 0.15) is 11.6 Å². The monoisotopic (exact) mass is 235 g/mol. The molecule has 0 aromatic carbocycles. The average molecular weight is 235 g/mol. The Morgan fingerprint density at radius 2 is 2.06 bits per heavy atom.